The largest absolute Gasteiger partial charge is 0.481 e. The summed E-state index contributed by atoms with van der Waals surface area (Å²) in [6.07, 6.45) is 0. The van der Waals surface area contributed by atoms with E-state index in [4.69, 9.17) is 5.11 Å². The number of nitrogens with zero attached hydrogens (tertiary/aromatic N) is 3. The number of hydrogen-bond donors (Lipinski definition) is 1. The monoisotopic (exact) mass is 313 g/mol. The molecule has 0 saturated heterocycles. The van der Waals surface area contributed by atoms with Crippen LogP contribution >= 0.6 is 11.8 Å². The highest BCUT2D eigenvalue weighted by molar-refractivity contribution is 7.99. The Morgan fingerprint density at radius 2 is 2.05 bits per heavy atom. The minimum Gasteiger partial charge on any atom is -0.481 e. The van der Waals surface area contributed by atoms with Gasteiger partial charge in [-0.1, -0.05) is 11.8 Å². The minimum atomic E-state index is -0.967. The van der Waals surface area contributed by atoms with E-state index in [1.807, 2.05) is 13.8 Å². The maximum atomic E-state index is 13.3. The summed E-state index contributed by atoms with van der Waals surface area (Å²) in [5.41, 5.74) is 0.386. The molecule has 0 bridgehead atoms. The molecule has 0 fully saturated rings. The van der Waals surface area contributed by atoms with Gasteiger partial charge in [0.2, 0.25) is 0 Å². The van der Waals surface area contributed by atoms with E-state index < -0.39 is 17.6 Å². The van der Waals surface area contributed by atoms with Crippen molar-refractivity contribution < 1.29 is 18.7 Å². The topological polar surface area (TPSA) is 68.0 Å². The predicted octanol–water partition coefficient (Wildman–Crippen LogP) is 2.98. The molecule has 8 heteroatoms. The molecular formula is C13H13F2N3O2S. The summed E-state index contributed by atoms with van der Waals surface area (Å²) in [6.45, 7) is 3.75. The lowest BCUT2D eigenvalue weighted by Gasteiger charge is -2.13. The van der Waals surface area contributed by atoms with Gasteiger partial charge >= 0.3 is 5.97 Å². The number of carboxylic acids is 1. The van der Waals surface area contributed by atoms with Gasteiger partial charge in [-0.25, -0.2) is 8.78 Å². The summed E-state index contributed by atoms with van der Waals surface area (Å²) in [5.74, 6) is -2.65. The van der Waals surface area contributed by atoms with Crippen LogP contribution in [0.3, 0.4) is 0 Å². The van der Waals surface area contributed by atoms with Gasteiger partial charge in [0.05, 0.1) is 5.75 Å². The molecule has 0 radical (unpaired) electrons. The van der Waals surface area contributed by atoms with Crippen molar-refractivity contribution in [2.24, 2.45) is 0 Å². The standard InChI is InChI=1S/C13H13F2N3O2S/c1-7(2)18-12(8-3-4-9(14)10(15)5-8)16-17-13(18)21-6-11(19)20/h3-5,7H,6H2,1-2H3,(H,19,20). The van der Waals surface area contributed by atoms with Crippen LogP contribution in [0.1, 0.15) is 19.9 Å². The first-order valence-electron chi connectivity index (χ1n) is 6.15. The molecule has 0 aliphatic rings. The Bertz CT molecular complexity index is 673. The Kier molecular flexibility index (Phi) is 4.56. The highest BCUT2D eigenvalue weighted by atomic mass is 32.2. The average molecular weight is 313 g/mol. The molecule has 5 nitrogen and oxygen atoms in total. The molecule has 1 N–H and O–H groups in total. The molecule has 0 atom stereocenters. The first kappa shape index (κ1) is 15.4. The molecule has 112 valence electrons. The quantitative estimate of drug-likeness (QED) is 0.860. The van der Waals surface area contributed by atoms with Crippen molar-refractivity contribution in [2.45, 2.75) is 25.0 Å². The maximum absolute atomic E-state index is 13.3. The molecule has 2 rings (SSSR count). The molecule has 0 saturated carbocycles. The maximum Gasteiger partial charge on any atom is 0.313 e. The van der Waals surface area contributed by atoms with Gasteiger partial charge in [0, 0.05) is 11.6 Å². The third-order valence-corrected chi connectivity index (χ3v) is 3.61. The summed E-state index contributed by atoms with van der Waals surface area (Å²) in [4.78, 5) is 10.6. The highest BCUT2D eigenvalue weighted by Crippen LogP contribution is 2.28. The Balaban J connectivity index is 2.43. The van der Waals surface area contributed by atoms with E-state index in [0.29, 0.717) is 16.5 Å². The number of rotatable bonds is 5. The first-order valence-corrected chi connectivity index (χ1v) is 7.13. The minimum absolute atomic E-state index is 0.0561. The van der Waals surface area contributed by atoms with Crippen LogP contribution < -0.4 is 0 Å². The fourth-order valence-electron chi connectivity index (χ4n) is 1.80. The van der Waals surface area contributed by atoms with Crippen LogP contribution in [0.25, 0.3) is 11.4 Å². The fraction of sp³-hybridized carbons (Fsp3) is 0.308. The zero-order chi connectivity index (χ0) is 15.6. The van der Waals surface area contributed by atoms with Crippen molar-refractivity contribution >= 4 is 17.7 Å². The van der Waals surface area contributed by atoms with E-state index in [2.05, 4.69) is 10.2 Å². The summed E-state index contributed by atoms with van der Waals surface area (Å²) < 4.78 is 28.0. The highest BCUT2D eigenvalue weighted by Gasteiger charge is 2.18. The molecular weight excluding hydrogens is 300 g/mol. The number of hydrogen-bond acceptors (Lipinski definition) is 4. The van der Waals surface area contributed by atoms with Crippen molar-refractivity contribution in [3.8, 4) is 11.4 Å². The second-order valence-corrected chi connectivity index (χ2v) is 5.52. The summed E-state index contributed by atoms with van der Waals surface area (Å²) in [6, 6.07) is 3.42. The summed E-state index contributed by atoms with van der Waals surface area (Å²) >= 11 is 1.03. The van der Waals surface area contributed by atoms with Crippen molar-refractivity contribution in [2.75, 3.05) is 5.75 Å². The molecule has 0 aliphatic carbocycles. The van der Waals surface area contributed by atoms with E-state index in [-0.39, 0.29) is 11.8 Å². The smallest absolute Gasteiger partial charge is 0.313 e. The first-order chi connectivity index (χ1) is 9.90. The van der Waals surface area contributed by atoms with Gasteiger partial charge in [-0.3, -0.25) is 9.36 Å². The Labute approximate surface area is 124 Å². The fourth-order valence-corrected chi connectivity index (χ4v) is 2.59. The van der Waals surface area contributed by atoms with Gasteiger partial charge in [0.25, 0.3) is 0 Å². The summed E-state index contributed by atoms with van der Waals surface area (Å²) in [7, 11) is 0. The molecule has 21 heavy (non-hydrogen) atoms. The van der Waals surface area contributed by atoms with Gasteiger partial charge in [0.1, 0.15) is 0 Å². The number of aromatic nitrogens is 3. The van der Waals surface area contributed by atoms with E-state index in [1.165, 1.54) is 6.07 Å². The molecule has 1 heterocycles. The van der Waals surface area contributed by atoms with Gasteiger partial charge in [-0.05, 0) is 32.0 Å². The van der Waals surface area contributed by atoms with E-state index in [1.54, 1.807) is 4.57 Å². The van der Waals surface area contributed by atoms with Crippen molar-refractivity contribution in [1.29, 1.82) is 0 Å². The van der Waals surface area contributed by atoms with E-state index in [0.717, 1.165) is 23.9 Å². The normalized spacial score (nSPS) is 11.1. The molecule has 0 aliphatic heterocycles. The zero-order valence-corrected chi connectivity index (χ0v) is 12.2. The molecule has 0 amide bonds. The van der Waals surface area contributed by atoms with Crippen molar-refractivity contribution in [3.63, 3.8) is 0 Å². The van der Waals surface area contributed by atoms with Crippen LogP contribution in [0.5, 0.6) is 0 Å². The van der Waals surface area contributed by atoms with Gasteiger partial charge in [-0.15, -0.1) is 10.2 Å². The number of halogens is 2. The molecule has 1 aromatic carbocycles. The molecule has 0 unspecified atom stereocenters. The second-order valence-electron chi connectivity index (χ2n) is 4.58. The lowest BCUT2D eigenvalue weighted by Crippen LogP contribution is -2.07. The average Bonchev–Trinajstić information content (AvgIpc) is 2.83. The van der Waals surface area contributed by atoms with Crippen LogP contribution in [0.4, 0.5) is 8.78 Å². The van der Waals surface area contributed by atoms with Crippen molar-refractivity contribution in [1.82, 2.24) is 14.8 Å². The molecule has 0 spiro atoms. The number of benzene rings is 1. The van der Waals surface area contributed by atoms with E-state index >= 15 is 0 Å². The summed E-state index contributed by atoms with van der Waals surface area (Å²) in [5, 5.41) is 17.0. The third-order valence-electron chi connectivity index (χ3n) is 2.68. The Morgan fingerprint density at radius 1 is 1.33 bits per heavy atom. The molecule has 1 aromatic heterocycles. The van der Waals surface area contributed by atoms with Crippen LogP contribution in [0, 0.1) is 11.6 Å². The Morgan fingerprint density at radius 3 is 2.62 bits per heavy atom. The van der Waals surface area contributed by atoms with Crippen LogP contribution in [0.15, 0.2) is 23.4 Å². The number of carboxylic acid groups (broad SMARTS) is 1. The second kappa shape index (κ2) is 6.21. The van der Waals surface area contributed by atoms with Crippen molar-refractivity contribution in [3.05, 3.63) is 29.8 Å². The van der Waals surface area contributed by atoms with Crippen LogP contribution in [0.2, 0.25) is 0 Å². The lowest BCUT2D eigenvalue weighted by molar-refractivity contribution is -0.133. The van der Waals surface area contributed by atoms with Gasteiger partial charge in [-0.2, -0.15) is 0 Å². The van der Waals surface area contributed by atoms with E-state index in [9.17, 15) is 13.6 Å². The Hall–Kier alpha value is -1.96. The number of thioether (sulfide) groups is 1. The zero-order valence-electron chi connectivity index (χ0n) is 11.4. The van der Waals surface area contributed by atoms with Gasteiger partial charge < -0.3 is 5.11 Å². The number of carbonyl (C=O) groups is 1. The van der Waals surface area contributed by atoms with Crippen LogP contribution in [-0.4, -0.2) is 31.6 Å². The predicted molar refractivity (Wildman–Crippen MR) is 74.1 cm³/mol. The van der Waals surface area contributed by atoms with Crippen LogP contribution in [-0.2, 0) is 4.79 Å². The lowest BCUT2D eigenvalue weighted by atomic mass is 10.2. The number of aliphatic carboxylic acids is 1. The van der Waals surface area contributed by atoms with Gasteiger partial charge in [0.15, 0.2) is 22.6 Å². The molecule has 2 aromatic rings. The third kappa shape index (κ3) is 3.38. The SMILES string of the molecule is CC(C)n1c(SCC(=O)O)nnc1-c1ccc(F)c(F)c1.